The molecule has 0 aromatic heterocycles. The number of benzene rings is 1. The van der Waals surface area contributed by atoms with Crippen LogP contribution >= 0.6 is 0 Å². The van der Waals surface area contributed by atoms with Gasteiger partial charge in [-0.2, -0.15) is 0 Å². The molecule has 0 radical (unpaired) electrons. The average molecular weight is 225 g/mol. The summed E-state index contributed by atoms with van der Waals surface area (Å²) < 4.78 is 4.99. The van der Waals surface area contributed by atoms with Crippen molar-refractivity contribution in [2.45, 2.75) is 26.4 Å². The van der Waals surface area contributed by atoms with Crippen LogP contribution in [0.25, 0.3) is 0 Å². The summed E-state index contributed by atoms with van der Waals surface area (Å²) in [5.74, 6) is -0.679. The van der Waals surface area contributed by atoms with Gasteiger partial charge in [0.2, 0.25) is 0 Å². The zero-order valence-electron chi connectivity index (χ0n) is 9.44. The number of hydrogen-bond acceptors (Lipinski definition) is 4. The highest BCUT2D eigenvalue weighted by molar-refractivity contribution is 5.87. The first-order chi connectivity index (χ1) is 7.29. The van der Waals surface area contributed by atoms with E-state index in [0.717, 1.165) is 0 Å². The number of amides is 1. The largest absolute Gasteiger partial charge is 0.504 e. The number of phenols is 2. The van der Waals surface area contributed by atoms with Crippen LogP contribution in [0.4, 0.5) is 10.5 Å². The standard InChI is InChI=1S/C11H15NO4/c1-11(2,3)16-10(15)12-7-5-4-6-8(13)9(7)14/h4-6,13-14H,1-3H3,(H,12,15). The number of nitrogens with one attached hydrogen (secondary N) is 1. The van der Waals surface area contributed by atoms with E-state index in [1.54, 1.807) is 20.8 Å². The molecule has 3 N–H and O–H groups in total. The van der Waals surface area contributed by atoms with E-state index in [2.05, 4.69) is 5.32 Å². The molecule has 0 atom stereocenters. The molecular formula is C11H15NO4. The summed E-state index contributed by atoms with van der Waals surface area (Å²) in [5.41, 5.74) is -0.509. The van der Waals surface area contributed by atoms with Crippen molar-refractivity contribution in [3.05, 3.63) is 18.2 Å². The van der Waals surface area contributed by atoms with Gasteiger partial charge in [-0.25, -0.2) is 4.79 Å². The van der Waals surface area contributed by atoms with Crippen LogP contribution in [0.1, 0.15) is 20.8 Å². The Morgan fingerprint density at radius 3 is 2.50 bits per heavy atom. The van der Waals surface area contributed by atoms with Gasteiger partial charge in [0.05, 0.1) is 5.69 Å². The van der Waals surface area contributed by atoms with E-state index >= 15 is 0 Å². The number of carbonyl (C=O) groups is 1. The van der Waals surface area contributed by atoms with E-state index in [4.69, 9.17) is 4.74 Å². The summed E-state index contributed by atoms with van der Waals surface area (Å²) in [5, 5.41) is 21.0. The molecule has 0 aliphatic heterocycles. The molecule has 0 heterocycles. The zero-order valence-corrected chi connectivity index (χ0v) is 9.44. The minimum Gasteiger partial charge on any atom is -0.504 e. The Kier molecular flexibility index (Phi) is 3.27. The molecule has 0 bridgehead atoms. The van der Waals surface area contributed by atoms with Crippen molar-refractivity contribution in [1.29, 1.82) is 0 Å². The van der Waals surface area contributed by atoms with E-state index in [9.17, 15) is 15.0 Å². The SMILES string of the molecule is CC(C)(C)OC(=O)Nc1cccc(O)c1O. The predicted octanol–water partition coefficient (Wildman–Crippen LogP) is 2.44. The highest BCUT2D eigenvalue weighted by atomic mass is 16.6. The first-order valence-electron chi connectivity index (χ1n) is 4.80. The van der Waals surface area contributed by atoms with Crippen LogP contribution in [0.2, 0.25) is 0 Å². The van der Waals surface area contributed by atoms with Gasteiger partial charge in [0.1, 0.15) is 5.60 Å². The summed E-state index contributed by atoms with van der Waals surface area (Å²) in [7, 11) is 0. The lowest BCUT2D eigenvalue weighted by Gasteiger charge is -2.19. The lowest BCUT2D eigenvalue weighted by molar-refractivity contribution is 0.0635. The molecule has 0 fully saturated rings. The zero-order chi connectivity index (χ0) is 12.3. The number of anilines is 1. The van der Waals surface area contributed by atoms with Crippen LogP contribution in [0, 0.1) is 0 Å². The maximum atomic E-state index is 11.4. The van der Waals surface area contributed by atoms with Crippen molar-refractivity contribution in [3.63, 3.8) is 0 Å². The van der Waals surface area contributed by atoms with E-state index in [1.165, 1.54) is 18.2 Å². The van der Waals surface area contributed by atoms with Gasteiger partial charge < -0.3 is 14.9 Å². The normalized spacial score (nSPS) is 10.9. The smallest absolute Gasteiger partial charge is 0.412 e. The average Bonchev–Trinajstić information content (AvgIpc) is 2.09. The lowest BCUT2D eigenvalue weighted by atomic mass is 10.2. The van der Waals surface area contributed by atoms with E-state index in [-0.39, 0.29) is 17.2 Å². The number of para-hydroxylation sites is 1. The van der Waals surface area contributed by atoms with Crippen LogP contribution in [0.3, 0.4) is 0 Å². The fourth-order valence-corrected chi connectivity index (χ4v) is 1.05. The lowest BCUT2D eigenvalue weighted by Crippen LogP contribution is -2.27. The summed E-state index contributed by atoms with van der Waals surface area (Å²) in [6.45, 7) is 5.19. The second-order valence-electron chi connectivity index (χ2n) is 4.30. The maximum absolute atomic E-state index is 11.4. The highest BCUT2D eigenvalue weighted by Crippen LogP contribution is 2.32. The molecule has 0 spiro atoms. The van der Waals surface area contributed by atoms with Gasteiger partial charge in [-0.15, -0.1) is 0 Å². The highest BCUT2D eigenvalue weighted by Gasteiger charge is 2.17. The number of carbonyl (C=O) groups excluding carboxylic acids is 1. The van der Waals surface area contributed by atoms with Crippen molar-refractivity contribution in [3.8, 4) is 11.5 Å². The molecule has 1 rings (SSSR count). The van der Waals surface area contributed by atoms with Crippen LogP contribution in [0.5, 0.6) is 11.5 Å². The van der Waals surface area contributed by atoms with E-state index in [0.29, 0.717) is 0 Å². The Bertz CT molecular complexity index is 395. The Hall–Kier alpha value is -1.91. The van der Waals surface area contributed by atoms with Gasteiger partial charge in [0.15, 0.2) is 11.5 Å². The molecule has 0 aliphatic carbocycles. The molecule has 0 unspecified atom stereocenters. The van der Waals surface area contributed by atoms with Crippen molar-refractivity contribution in [1.82, 2.24) is 0 Å². The summed E-state index contributed by atoms with van der Waals surface area (Å²) in [4.78, 5) is 11.4. The Morgan fingerprint density at radius 1 is 1.31 bits per heavy atom. The van der Waals surface area contributed by atoms with Crippen molar-refractivity contribution >= 4 is 11.8 Å². The third-order valence-corrected chi connectivity index (χ3v) is 1.65. The molecule has 0 aliphatic rings. The number of aromatic hydroxyl groups is 2. The van der Waals surface area contributed by atoms with Gasteiger partial charge in [-0.1, -0.05) is 6.07 Å². The minimum absolute atomic E-state index is 0.106. The molecule has 1 amide bonds. The molecule has 0 saturated heterocycles. The van der Waals surface area contributed by atoms with Gasteiger partial charge in [-0.3, -0.25) is 5.32 Å². The molecule has 88 valence electrons. The molecule has 1 aromatic carbocycles. The molecular weight excluding hydrogens is 210 g/mol. The van der Waals surface area contributed by atoms with Crippen molar-refractivity contribution in [2.75, 3.05) is 5.32 Å². The predicted molar refractivity (Wildman–Crippen MR) is 59.6 cm³/mol. The molecule has 16 heavy (non-hydrogen) atoms. The monoisotopic (exact) mass is 225 g/mol. The van der Waals surface area contributed by atoms with Gasteiger partial charge in [-0.05, 0) is 32.9 Å². The topological polar surface area (TPSA) is 78.8 Å². The third kappa shape index (κ3) is 3.34. The summed E-state index contributed by atoms with van der Waals surface area (Å²) in [6.07, 6.45) is -0.687. The van der Waals surface area contributed by atoms with E-state index in [1.807, 2.05) is 0 Å². The van der Waals surface area contributed by atoms with Crippen LogP contribution < -0.4 is 5.32 Å². The quantitative estimate of drug-likeness (QED) is 0.641. The van der Waals surface area contributed by atoms with Gasteiger partial charge >= 0.3 is 6.09 Å². The second kappa shape index (κ2) is 4.30. The first-order valence-corrected chi connectivity index (χ1v) is 4.80. The maximum Gasteiger partial charge on any atom is 0.412 e. The molecule has 0 saturated carbocycles. The van der Waals surface area contributed by atoms with Gasteiger partial charge in [0.25, 0.3) is 0 Å². The van der Waals surface area contributed by atoms with Crippen LogP contribution in [0.15, 0.2) is 18.2 Å². The van der Waals surface area contributed by atoms with Gasteiger partial charge in [0, 0.05) is 0 Å². The van der Waals surface area contributed by atoms with E-state index < -0.39 is 11.7 Å². The number of phenolic OH excluding ortho intramolecular Hbond substituents is 2. The van der Waals surface area contributed by atoms with Crippen LogP contribution in [-0.2, 0) is 4.74 Å². The molecule has 1 aromatic rings. The van der Waals surface area contributed by atoms with Crippen LogP contribution in [-0.4, -0.2) is 21.9 Å². The van der Waals surface area contributed by atoms with Crippen molar-refractivity contribution in [2.24, 2.45) is 0 Å². The number of hydrogen-bond donors (Lipinski definition) is 3. The minimum atomic E-state index is -0.687. The third-order valence-electron chi connectivity index (χ3n) is 1.65. The number of ether oxygens (including phenoxy) is 1. The fourth-order valence-electron chi connectivity index (χ4n) is 1.05. The Labute approximate surface area is 93.7 Å². The first kappa shape index (κ1) is 12.2. The molecule has 5 nitrogen and oxygen atoms in total. The second-order valence-corrected chi connectivity index (χ2v) is 4.30. The van der Waals surface area contributed by atoms with Crippen molar-refractivity contribution < 1.29 is 19.7 Å². The Morgan fingerprint density at radius 2 is 1.94 bits per heavy atom. The fraction of sp³-hybridized carbons (Fsp3) is 0.364. The summed E-state index contributed by atoms with van der Waals surface area (Å²) in [6, 6.07) is 4.27. The summed E-state index contributed by atoms with van der Waals surface area (Å²) >= 11 is 0. The number of rotatable bonds is 1. The molecule has 5 heteroatoms. The Balaban J connectivity index is 2.74.